The summed E-state index contributed by atoms with van der Waals surface area (Å²) in [5.74, 6) is -1.02. The predicted molar refractivity (Wildman–Crippen MR) is 65.7 cm³/mol. The summed E-state index contributed by atoms with van der Waals surface area (Å²) < 4.78 is 61.8. The average molecular weight is 296 g/mol. The fraction of sp³-hybridized carbons (Fsp3) is 0.333. The van der Waals surface area contributed by atoms with Crippen LogP contribution in [0, 0.1) is 5.82 Å². The lowest BCUT2D eigenvalue weighted by Gasteiger charge is -2.12. The lowest BCUT2D eigenvalue weighted by molar-refractivity contribution is 0.508. The molecule has 18 heavy (non-hydrogen) atoms. The summed E-state index contributed by atoms with van der Waals surface area (Å²) in [5, 5.41) is 0. The van der Waals surface area contributed by atoms with Crippen LogP contribution in [0.5, 0.6) is 0 Å². The van der Waals surface area contributed by atoms with Gasteiger partial charge in [-0.3, -0.25) is 4.72 Å². The van der Waals surface area contributed by atoms with Crippen LogP contribution in [0.2, 0.25) is 0 Å². The Morgan fingerprint density at radius 3 is 2.11 bits per heavy atom. The van der Waals surface area contributed by atoms with Gasteiger partial charge < -0.3 is 0 Å². The smallest absolute Gasteiger partial charge is 0.245 e. The van der Waals surface area contributed by atoms with E-state index in [2.05, 4.69) is 4.72 Å². The third kappa shape index (κ3) is 3.40. The molecule has 102 valence electrons. The van der Waals surface area contributed by atoms with E-state index in [4.69, 9.17) is 0 Å². The third-order valence-electron chi connectivity index (χ3n) is 1.99. The highest BCUT2D eigenvalue weighted by Gasteiger charge is 2.22. The van der Waals surface area contributed by atoms with Crippen molar-refractivity contribution in [3.05, 3.63) is 24.0 Å². The average Bonchev–Trinajstić information content (AvgIpc) is 2.13. The molecule has 0 aliphatic heterocycles. The first-order valence-electron chi connectivity index (χ1n) is 4.74. The Morgan fingerprint density at radius 1 is 1.17 bits per heavy atom. The molecule has 1 rings (SSSR count). The van der Waals surface area contributed by atoms with Gasteiger partial charge in [0.15, 0.2) is 0 Å². The Hall–Kier alpha value is -1.19. The topological polar surface area (TPSA) is 83.6 Å². The van der Waals surface area contributed by atoms with Gasteiger partial charge in [0.25, 0.3) is 0 Å². The summed E-state index contributed by atoms with van der Waals surface area (Å²) >= 11 is 0. The number of nitrogens with one attached hydrogen (secondary N) is 1. The van der Waals surface area contributed by atoms with Crippen molar-refractivity contribution in [2.24, 2.45) is 0 Å². The van der Waals surface area contributed by atoms with Crippen LogP contribution in [0.3, 0.4) is 0 Å². The van der Waals surface area contributed by atoms with Gasteiger partial charge in [0.05, 0.1) is 11.9 Å². The van der Waals surface area contributed by atoms with E-state index in [0.717, 1.165) is 22.7 Å². The van der Waals surface area contributed by atoms with Crippen LogP contribution in [0.15, 0.2) is 23.1 Å². The highest BCUT2D eigenvalue weighted by atomic mass is 32.2. The normalized spacial score (nSPS) is 12.7. The Bertz CT molecular complexity index is 653. The molecular formula is C9H13FN2O4S2. The number of sulfonamides is 2. The summed E-state index contributed by atoms with van der Waals surface area (Å²) in [4.78, 5) is -0.508. The zero-order valence-corrected chi connectivity index (χ0v) is 11.6. The number of anilines is 1. The van der Waals surface area contributed by atoms with E-state index in [1.54, 1.807) is 0 Å². The molecule has 0 aliphatic carbocycles. The summed E-state index contributed by atoms with van der Waals surface area (Å²) in [6.45, 7) is 0. The minimum absolute atomic E-state index is 0.0345. The predicted octanol–water partition coefficient (Wildman–Crippen LogP) is 0.448. The fourth-order valence-corrected chi connectivity index (χ4v) is 2.68. The lowest BCUT2D eigenvalue weighted by atomic mass is 10.3. The maximum atomic E-state index is 13.6. The monoisotopic (exact) mass is 296 g/mol. The molecular weight excluding hydrogens is 283 g/mol. The molecule has 0 radical (unpaired) electrons. The summed E-state index contributed by atoms with van der Waals surface area (Å²) in [7, 11) is -4.87. The molecule has 0 saturated carbocycles. The zero-order chi connectivity index (χ0) is 14.1. The van der Waals surface area contributed by atoms with Crippen molar-refractivity contribution in [3.8, 4) is 0 Å². The van der Waals surface area contributed by atoms with Crippen molar-refractivity contribution in [1.29, 1.82) is 0 Å². The van der Waals surface area contributed by atoms with E-state index in [0.29, 0.717) is 0 Å². The van der Waals surface area contributed by atoms with E-state index >= 15 is 0 Å². The molecule has 0 heterocycles. The first kappa shape index (κ1) is 14.9. The van der Waals surface area contributed by atoms with Crippen LogP contribution in [0.4, 0.5) is 10.1 Å². The second kappa shape index (κ2) is 4.82. The van der Waals surface area contributed by atoms with Gasteiger partial charge in [-0.1, -0.05) is 0 Å². The van der Waals surface area contributed by atoms with Crippen LogP contribution in [-0.4, -0.2) is 41.5 Å². The first-order valence-corrected chi connectivity index (χ1v) is 8.07. The van der Waals surface area contributed by atoms with E-state index in [9.17, 15) is 21.2 Å². The molecule has 0 bridgehead atoms. The SMILES string of the molecule is CN(C)S(=O)(=O)c1ccc(NS(C)(=O)=O)cc1F. The number of nitrogens with zero attached hydrogens (tertiary/aromatic N) is 1. The molecule has 9 heteroatoms. The standard InChI is InChI=1S/C9H13FN2O4S2/c1-12(2)18(15,16)9-5-4-7(6-8(9)10)11-17(3,13)14/h4-6,11H,1-3H3. The maximum Gasteiger partial charge on any atom is 0.245 e. The third-order valence-corrected chi connectivity index (χ3v) is 4.45. The van der Waals surface area contributed by atoms with E-state index in [-0.39, 0.29) is 5.69 Å². The Kier molecular flexibility index (Phi) is 3.99. The summed E-state index contributed by atoms with van der Waals surface area (Å²) in [6.07, 6.45) is 0.912. The number of rotatable bonds is 4. The van der Waals surface area contributed by atoms with Crippen LogP contribution >= 0.6 is 0 Å². The molecule has 0 aliphatic rings. The van der Waals surface area contributed by atoms with Crippen molar-refractivity contribution in [2.45, 2.75) is 4.90 Å². The zero-order valence-electron chi connectivity index (χ0n) is 10.0. The minimum atomic E-state index is -3.89. The van der Waals surface area contributed by atoms with Crippen LogP contribution < -0.4 is 4.72 Å². The van der Waals surface area contributed by atoms with Crippen molar-refractivity contribution < 1.29 is 21.2 Å². The molecule has 0 fully saturated rings. The highest BCUT2D eigenvalue weighted by molar-refractivity contribution is 7.92. The van der Waals surface area contributed by atoms with Crippen molar-refractivity contribution in [1.82, 2.24) is 4.31 Å². The Labute approximate surface area is 106 Å². The molecule has 0 spiro atoms. The second-order valence-corrected chi connectivity index (χ2v) is 7.68. The van der Waals surface area contributed by atoms with Gasteiger partial charge in [-0.2, -0.15) is 0 Å². The van der Waals surface area contributed by atoms with Crippen molar-refractivity contribution in [2.75, 3.05) is 25.1 Å². The van der Waals surface area contributed by atoms with Gasteiger partial charge in [0, 0.05) is 14.1 Å². The van der Waals surface area contributed by atoms with Crippen LogP contribution in [0.1, 0.15) is 0 Å². The number of halogens is 1. The molecule has 0 atom stereocenters. The van der Waals surface area contributed by atoms with Gasteiger partial charge in [0.2, 0.25) is 20.0 Å². The highest BCUT2D eigenvalue weighted by Crippen LogP contribution is 2.21. The van der Waals surface area contributed by atoms with Crippen LogP contribution in [-0.2, 0) is 20.0 Å². The van der Waals surface area contributed by atoms with Crippen molar-refractivity contribution in [3.63, 3.8) is 0 Å². The molecule has 1 aromatic rings. The van der Waals surface area contributed by atoms with Crippen molar-refractivity contribution >= 4 is 25.7 Å². The lowest BCUT2D eigenvalue weighted by Crippen LogP contribution is -2.23. The van der Waals surface area contributed by atoms with Gasteiger partial charge in [0.1, 0.15) is 10.7 Å². The maximum absolute atomic E-state index is 13.6. The summed E-state index contributed by atoms with van der Waals surface area (Å²) in [6, 6.07) is 3.01. The van der Waals surface area contributed by atoms with E-state index in [1.165, 1.54) is 20.2 Å². The largest absolute Gasteiger partial charge is 0.284 e. The number of hydrogen-bond acceptors (Lipinski definition) is 4. The quantitative estimate of drug-likeness (QED) is 0.874. The molecule has 0 aromatic heterocycles. The molecule has 0 saturated heterocycles. The molecule has 0 amide bonds. The number of hydrogen-bond donors (Lipinski definition) is 1. The Balaban J connectivity index is 3.24. The van der Waals surface area contributed by atoms with E-state index < -0.39 is 30.8 Å². The number of benzene rings is 1. The Morgan fingerprint density at radius 2 is 1.72 bits per heavy atom. The second-order valence-electron chi connectivity index (χ2n) is 3.81. The molecule has 1 N–H and O–H groups in total. The summed E-state index contributed by atoms with van der Waals surface area (Å²) in [5.41, 5.74) is -0.0345. The van der Waals surface area contributed by atoms with Crippen LogP contribution in [0.25, 0.3) is 0 Å². The fourth-order valence-electron chi connectivity index (χ4n) is 1.18. The molecule has 0 unspecified atom stereocenters. The minimum Gasteiger partial charge on any atom is -0.284 e. The van der Waals surface area contributed by atoms with E-state index in [1.807, 2.05) is 0 Å². The molecule has 6 nitrogen and oxygen atoms in total. The van der Waals surface area contributed by atoms with Gasteiger partial charge in [-0.25, -0.2) is 25.5 Å². The van der Waals surface area contributed by atoms with Gasteiger partial charge in [-0.15, -0.1) is 0 Å². The first-order chi connectivity index (χ1) is 8.04. The van der Waals surface area contributed by atoms with Gasteiger partial charge >= 0.3 is 0 Å². The van der Waals surface area contributed by atoms with Gasteiger partial charge in [-0.05, 0) is 18.2 Å². The molecule has 1 aromatic carbocycles.